The zero-order valence-corrected chi connectivity index (χ0v) is 15.8. The van der Waals surface area contributed by atoms with Crippen molar-refractivity contribution in [2.24, 2.45) is 5.14 Å². The van der Waals surface area contributed by atoms with E-state index in [2.05, 4.69) is 5.32 Å². The van der Waals surface area contributed by atoms with Crippen molar-refractivity contribution in [3.05, 3.63) is 53.6 Å². The summed E-state index contributed by atoms with van der Waals surface area (Å²) in [5.41, 5.74) is 0.199. The Morgan fingerprint density at radius 1 is 1.19 bits per heavy atom. The summed E-state index contributed by atoms with van der Waals surface area (Å²) in [6.07, 6.45) is -1.13. The molecule has 0 fully saturated rings. The van der Waals surface area contributed by atoms with Crippen molar-refractivity contribution in [3.63, 3.8) is 0 Å². The van der Waals surface area contributed by atoms with E-state index in [1.807, 2.05) is 0 Å². The monoisotopic (exact) mass is 412 g/mol. The van der Waals surface area contributed by atoms with Crippen LogP contribution in [0.2, 0.25) is 5.02 Å². The van der Waals surface area contributed by atoms with E-state index >= 15 is 0 Å². The average Bonchev–Trinajstić information content (AvgIpc) is 2.59. The molecule has 10 heteroatoms. The van der Waals surface area contributed by atoms with Crippen molar-refractivity contribution >= 4 is 39.2 Å². The maximum absolute atomic E-state index is 12.1. The summed E-state index contributed by atoms with van der Waals surface area (Å²) in [6.45, 7) is 0.967. The zero-order valence-electron chi connectivity index (χ0n) is 14.2. The Balaban J connectivity index is 1.89. The van der Waals surface area contributed by atoms with Crippen LogP contribution in [0.15, 0.2) is 53.4 Å². The second-order valence-electron chi connectivity index (χ2n) is 5.44. The van der Waals surface area contributed by atoms with Crippen LogP contribution >= 0.6 is 11.6 Å². The molecule has 27 heavy (non-hydrogen) atoms. The molecular weight excluding hydrogens is 396 g/mol. The summed E-state index contributed by atoms with van der Waals surface area (Å²) in [6, 6.07) is 11.9. The first kappa shape index (κ1) is 20.7. The molecule has 144 valence electrons. The van der Waals surface area contributed by atoms with E-state index in [1.54, 1.807) is 18.2 Å². The van der Waals surface area contributed by atoms with Gasteiger partial charge in [-0.15, -0.1) is 0 Å². The van der Waals surface area contributed by atoms with Crippen LogP contribution in [0.1, 0.15) is 6.92 Å². The van der Waals surface area contributed by atoms with Gasteiger partial charge in [0.25, 0.3) is 5.91 Å². The first-order chi connectivity index (χ1) is 12.6. The molecule has 0 aliphatic rings. The molecule has 1 unspecified atom stereocenters. The number of benzene rings is 2. The van der Waals surface area contributed by atoms with Gasteiger partial charge < -0.3 is 14.8 Å². The van der Waals surface area contributed by atoms with Gasteiger partial charge in [-0.1, -0.05) is 23.7 Å². The fraction of sp³-hybridized carbons (Fsp3) is 0.176. The number of ether oxygens (including phenoxy) is 2. The Bertz CT molecular complexity index is 948. The van der Waals surface area contributed by atoms with Gasteiger partial charge in [-0.3, -0.25) is 4.79 Å². The SMILES string of the molecule is CC(OC(=O)COc1cccc(Cl)c1)C(=O)Nc1cccc(S(N)(=O)=O)c1. The molecule has 0 spiro atoms. The van der Waals surface area contributed by atoms with Gasteiger partial charge in [0.15, 0.2) is 12.7 Å². The van der Waals surface area contributed by atoms with E-state index in [1.165, 1.54) is 37.3 Å². The number of anilines is 1. The minimum atomic E-state index is -3.90. The van der Waals surface area contributed by atoms with E-state index < -0.39 is 34.6 Å². The lowest BCUT2D eigenvalue weighted by Crippen LogP contribution is -2.31. The number of hydrogen-bond acceptors (Lipinski definition) is 6. The molecule has 0 aromatic heterocycles. The Hall–Kier alpha value is -2.62. The maximum atomic E-state index is 12.1. The highest BCUT2D eigenvalue weighted by Crippen LogP contribution is 2.17. The normalized spacial score (nSPS) is 12.1. The number of amides is 1. The van der Waals surface area contributed by atoms with E-state index in [0.717, 1.165) is 0 Å². The van der Waals surface area contributed by atoms with Crippen LogP contribution in [-0.2, 0) is 24.3 Å². The summed E-state index contributed by atoms with van der Waals surface area (Å²) in [4.78, 5) is 23.7. The van der Waals surface area contributed by atoms with Crippen molar-refractivity contribution < 1.29 is 27.5 Å². The molecule has 8 nitrogen and oxygen atoms in total. The third-order valence-electron chi connectivity index (χ3n) is 3.26. The van der Waals surface area contributed by atoms with Gasteiger partial charge in [-0.2, -0.15) is 0 Å². The number of nitrogens with two attached hydrogens (primary N) is 1. The predicted molar refractivity (Wildman–Crippen MR) is 98.9 cm³/mol. The molecule has 0 saturated carbocycles. The van der Waals surface area contributed by atoms with Gasteiger partial charge in [0.05, 0.1) is 4.90 Å². The minimum absolute atomic E-state index is 0.153. The number of primary sulfonamides is 1. The number of nitrogens with one attached hydrogen (secondary N) is 1. The third-order valence-corrected chi connectivity index (χ3v) is 4.41. The highest BCUT2D eigenvalue weighted by atomic mass is 35.5. The molecule has 0 heterocycles. The van der Waals surface area contributed by atoms with Crippen LogP contribution in [0.25, 0.3) is 0 Å². The first-order valence-corrected chi connectivity index (χ1v) is 9.59. The average molecular weight is 413 g/mol. The summed E-state index contributed by atoms with van der Waals surface area (Å²) < 4.78 is 32.9. The second kappa shape index (κ2) is 8.85. The molecule has 1 amide bonds. The molecule has 0 bridgehead atoms. The Morgan fingerprint density at radius 3 is 2.56 bits per heavy atom. The van der Waals surface area contributed by atoms with Crippen molar-refractivity contribution in [1.82, 2.24) is 0 Å². The van der Waals surface area contributed by atoms with Crippen LogP contribution in [0.5, 0.6) is 5.75 Å². The summed E-state index contributed by atoms with van der Waals surface area (Å²) in [5, 5.41) is 7.94. The third kappa shape index (κ3) is 6.55. The van der Waals surface area contributed by atoms with Gasteiger partial charge >= 0.3 is 5.97 Å². The number of esters is 1. The maximum Gasteiger partial charge on any atom is 0.344 e. The Morgan fingerprint density at radius 2 is 1.89 bits per heavy atom. The standard InChI is InChI=1S/C17H17ClN2O6S/c1-11(26-16(21)10-25-14-6-2-4-12(18)8-14)17(22)20-13-5-3-7-15(9-13)27(19,23)24/h2-9,11H,10H2,1H3,(H,20,22)(H2,19,23,24). The van der Waals surface area contributed by atoms with E-state index in [0.29, 0.717) is 10.8 Å². The largest absolute Gasteiger partial charge is 0.482 e. The van der Waals surface area contributed by atoms with Crippen LogP contribution in [0.3, 0.4) is 0 Å². The molecule has 1 atom stereocenters. The lowest BCUT2D eigenvalue weighted by atomic mass is 10.3. The smallest absolute Gasteiger partial charge is 0.344 e. The Labute approximate surface area is 161 Å². The molecule has 2 aromatic carbocycles. The molecule has 0 aliphatic carbocycles. The number of halogens is 1. The fourth-order valence-corrected chi connectivity index (χ4v) is 2.72. The summed E-state index contributed by atoms with van der Waals surface area (Å²) in [5.74, 6) is -1.01. The Kier molecular flexibility index (Phi) is 6.78. The molecule has 2 rings (SSSR count). The molecule has 0 aliphatic heterocycles. The predicted octanol–water partition coefficient (Wildman–Crippen LogP) is 1.94. The van der Waals surface area contributed by atoms with Crippen LogP contribution in [-0.4, -0.2) is 33.0 Å². The molecule has 0 radical (unpaired) electrons. The lowest BCUT2D eigenvalue weighted by Gasteiger charge is -2.14. The van der Waals surface area contributed by atoms with Crippen LogP contribution in [0, 0.1) is 0 Å². The molecule has 2 aromatic rings. The summed E-state index contributed by atoms with van der Waals surface area (Å²) in [7, 11) is -3.90. The number of carbonyl (C=O) groups excluding carboxylic acids is 2. The minimum Gasteiger partial charge on any atom is -0.482 e. The van der Waals surface area contributed by atoms with Crippen molar-refractivity contribution in [1.29, 1.82) is 0 Å². The first-order valence-electron chi connectivity index (χ1n) is 7.67. The van der Waals surface area contributed by atoms with E-state index in [4.69, 9.17) is 26.2 Å². The van der Waals surface area contributed by atoms with Gasteiger partial charge in [0.2, 0.25) is 10.0 Å². The van der Waals surface area contributed by atoms with E-state index in [9.17, 15) is 18.0 Å². The van der Waals surface area contributed by atoms with Crippen molar-refractivity contribution in [3.8, 4) is 5.75 Å². The molecule has 0 saturated heterocycles. The van der Waals surface area contributed by atoms with Crippen molar-refractivity contribution in [2.45, 2.75) is 17.9 Å². The number of hydrogen-bond donors (Lipinski definition) is 2. The quantitative estimate of drug-likeness (QED) is 0.669. The second-order valence-corrected chi connectivity index (χ2v) is 7.44. The summed E-state index contributed by atoms with van der Waals surface area (Å²) >= 11 is 5.81. The number of rotatable bonds is 7. The molecular formula is C17H17ClN2O6S. The van der Waals surface area contributed by atoms with Gasteiger partial charge in [-0.05, 0) is 43.3 Å². The van der Waals surface area contributed by atoms with E-state index in [-0.39, 0.29) is 10.6 Å². The topological polar surface area (TPSA) is 125 Å². The van der Waals surface area contributed by atoms with Gasteiger partial charge in [0, 0.05) is 10.7 Å². The van der Waals surface area contributed by atoms with Crippen LogP contribution in [0.4, 0.5) is 5.69 Å². The highest BCUT2D eigenvalue weighted by Gasteiger charge is 2.19. The van der Waals surface area contributed by atoms with Gasteiger partial charge in [-0.25, -0.2) is 18.4 Å². The van der Waals surface area contributed by atoms with Crippen molar-refractivity contribution in [2.75, 3.05) is 11.9 Å². The lowest BCUT2D eigenvalue weighted by molar-refractivity contribution is -0.155. The zero-order chi connectivity index (χ0) is 20.0. The highest BCUT2D eigenvalue weighted by molar-refractivity contribution is 7.89. The van der Waals surface area contributed by atoms with Crippen LogP contribution < -0.4 is 15.2 Å². The fourth-order valence-electron chi connectivity index (χ4n) is 1.98. The number of sulfonamides is 1. The van der Waals surface area contributed by atoms with Gasteiger partial charge in [0.1, 0.15) is 5.75 Å². The number of carbonyl (C=O) groups is 2. The molecule has 3 N–H and O–H groups in total.